The highest BCUT2D eigenvalue weighted by atomic mass is 16.5. The van der Waals surface area contributed by atoms with E-state index in [9.17, 15) is 5.11 Å². The minimum Gasteiger partial charge on any atom is -0.508 e. The molecule has 82 valence electrons. The summed E-state index contributed by atoms with van der Waals surface area (Å²) in [4.78, 5) is 0. The van der Waals surface area contributed by atoms with Crippen molar-refractivity contribution in [3.8, 4) is 5.75 Å². The average molecular weight is 207 g/mol. The Balaban J connectivity index is 2.31. The molecule has 1 saturated heterocycles. The molecular weight excluding hydrogens is 190 g/mol. The molecule has 0 aliphatic carbocycles. The molecule has 2 rings (SSSR count). The highest BCUT2D eigenvalue weighted by Gasteiger charge is 2.41. The number of rotatable bonds is 1. The highest BCUT2D eigenvalue weighted by Crippen LogP contribution is 2.33. The van der Waals surface area contributed by atoms with Crippen LogP contribution in [0, 0.1) is 0 Å². The predicted octanol–water partition coefficient (Wildman–Crippen LogP) is 1.96. The van der Waals surface area contributed by atoms with Gasteiger partial charge in [0.05, 0.1) is 6.61 Å². The first-order valence-electron chi connectivity index (χ1n) is 5.14. The molecule has 1 unspecified atom stereocenters. The molecule has 1 atom stereocenters. The van der Waals surface area contributed by atoms with Gasteiger partial charge in [0.15, 0.2) is 0 Å². The van der Waals surface area contributed by atoms with Crippen LogP contribution in [0.1, 0.15) is 26.3 Å². The summed E-state index contributed by atoms with van der Waals surface area (Å²) in [6.45, 7) is 6.85. The molecule has 15 heavy (non-hydrogen) atoms. The zero-order valence-corrected chi connectivity index (χ0v) is 9.37. The maximum absolute atomic E-state index is 9.43. The quantitative estimate of drug-likeness (QED) is 0.739. The molecule has 1 aromatic carbocycles. The van der Waals surface area contributed by atoms with E-state index >= 15 is 0 Å². The summed E-state index contributed by atoms with van der Waals surface area (Å²) in [6, 6.07) is 7.17. The SMILES string of the molecule is CC1(C)COC(C)(c2cccc(O)c2)N1. The summed E-state index contributed by atoms with van der Waals surface area (Å²) >= 11 is 0. The highest BCUT2D eigenvalue weighted by molar-refractivity contribution is 5.31. The number of phenols is 1. The van der Waals surface area contributed by atoms with Gasteiger partial charge in [-0.3, -0.25) is 5.32 Å². The van der Waals surface area contributed by atoms with Gasteiger partial charge in [0.2, 0.25) is 0 Å². The van der Waals surface area contributed by atoms with Crippen LogP contribution in [-0.4, -0.2) is 17.3 Å². The first-order chi connectivity index (χ1) is 6.91. The van der Waals surface area contributed by atoms with Gasteiger partial charge in [0, 0.05) is 11.1 Å². The molecule has 3 heteroatoms. The van der Waals surface area contributed by atoms with Gasteiger partial charge in [-0.2, -0.15) is 0 Å². The van der Waals surface area contributed by atoms with E-state index in [0.717, 1.165) is 5.56 Å². The molecule has 1 fully saturated rings. The maximum Gasteiger partial charge on any atom is 0.143 e. The van der Waals surface area contributed by atoms with E-state index in [-0.39, 0.29) is 11.3 Å². The second kappa shape index (κ2) is 3.22. The molecule has 0 aromatic heterocycles. The molecule has 2 N–H and O–H groups in total. The van der Waals surface area contributed by atoms with Crippen LogP contribution >= 0.6 is 0 Å². The standard InChI is InChI=1S/C12H17NO2/c1-11(2)8-15-12(3,13-11)9-5-4-6-10(14)7-9/h4-7,13-14H,8H2,1-3H3. The van der Waals surface area contributed by atoms with Gasteiger partial charge in [-0.05, 0) is 32.9 Å². The van der Waals surface area contributed by atoms with Crippen LogP contribution in [0.5, 0.6) is 5.75 Å². The summed E-state index contributed by atoms with van der Waals surface area (Å²) in [7, 11) is 0. The maximum atomic E-state index is 9.43. The molecule has 0 spiro atoms. The number of ether oxygens (including phenoxy) is 1. The number of benzene rings is 1. The fraction of sp³-hybridized carbons (Fsp3) is 0.500. The van der Waals surface area contributed by atoms with Crippen molar-refractivity contribution in [3.63, 3.8) is 0 Å². The minimum absolute atomic E-state index is 0.0276. The number of phenolic OH excluding ortho intramolecular Hbond substituents is 1. The molecule has 3 nitrogen and oxygen atoms in total. The summed E-state index contributed by atoms with van der Waals surface area (Å²) in [5.74, 6) is 0.267. The molecule has 1 aromatic rings. The normalized spacial score (nSPS) is 29.3. The third-order valence-corrected chi connectivity index (χ3v) is 2.70. The minimum atomic E-state index is -0.498. The first kappa shape index (κ1) is 10.5. The van der Waals surface area contributed by atoms with Crippen molar-refractivity contribution in [1.29, 1.82) is 0 Å². The fourth-order valence-electron chi connectivity index (χ4n) is 2.00. The largest absolute Gasteiger partial charge is 0.508 e. The van der Waals surface area contributed by atoms with Gasteiger partial charge in [-0.15, -0.1) is 0 Å². The Morgan fingerprint density at radius 2 is 2.07 bits per heavy atom. The van der Waals surface area contributed by atoms with Gasteiger partial charge in [-0.1, -0.05) is 12.1 Å². The van der Waals surface area contributed by atoms with Gasteiger partial charge in [0.25, 0.3) is 0 Å². The van der Waals surface area contributed by atoms with Crippen molar-refractivity contribution < 1.29 is 9.84 Å². The third kappa shape index (κ3) is 1.98. The second-order valence-electron chi connectivity index (χ2n) is 4.88. The van der Waals surface area contributed by atoms with Crippen molar-refractivity contribution in [3.05, 3.63) is 29.8 Å². The number of hydrogen-bond acceptors (Lipinski definition) is 3. The topological polar surface area (TPSA) is 41.5 Å². The smallest absolute Gasteiger partial charge is 0.143 e. The molecule has 0 bridgehead atoms. The van der Waals surface area contributed by atoms with Crippen molar-refractivity contribution in [2.45, 2.75) is 32.0 Å². The number of nitrogens with one attached hydrogen (secondary N) is 1. The van der Waals surface area contributed by atoms with E-state index in [0.29, 0.717) is 6.61 Å². The summed E-state index contributed by atoms with van der Waals surface area (Å²) in [5, 5.41) is 12.9. The Morgan fingerprint density at radius 3 is 2.60 bits per heavy atom. The molecule has 1 aliphatic rings. The second-order valence-corrected chi connectivity index (χ2v) is 4.88. The molecule has 1 heterocycles. The van der Waals surface area contributed by atoms with Crippen LogP contribution in [0.3, 0.4) is 0 Å². The Labute approximate surface area is 90.1 Å². The van der Waals surface area contributed by atoms with Crippen LogP contribution in [0.4, 0.5) is 0 Å². The van der Waals surface area contributed by atoms with Crippen LogP contribution in [0.2, 0.25) is 0 Å². The van der Waals surface area contributed by atoms with Crippen molar-refractivity contribution in [2.24, 2.45) is 0 Å². The number of aromatic hydroxyl groups is 1. The first-order valence-corrected chi connectivity index (χ1v) is 5.14. The van der Waals surface area contributed by atoms with Crippen molar-refractivity contribution >= 4 is 0 Å². The van der Waals surface area contributed by atoms with E-state index in [1.807, 2.05) is 19.1 Å². The average Bonchev–Trinajstić information content (AvgIpc) is 2.42. The van der Waals surface area contributed by atoms with Crippen LogP contribution in [0.25, 0.3) is 0 Å². The predicted molar refractivity (Wildman–Crippen MR) is 58.6 cm³/mol. The van der Waals surface area contributed by atoms with Gasteiger partial charge in [-0.25, -0.2) is 0 Å². The van der Waals surface area contributed by atoms with Crippen LogP contribution in [-0.2, 0) is 10.5 Å². The number of hydrogen-bond donors (Lipinski definition) is 2. The van der Waals surface area contributed by atoms with Crippen molar-refractivity contribution in [1.82, 2.24) is 5.32 Å². The van der Waals surface area contributed by atoms with E-state index < -0.39 is 5.72 Å². The van der Waals surface area contributed by atoms with Crippen molar-refractivity contribution in [2.75, 3.05) is 6.61 Å². The molecule has 0 radical (unpaired) electrons. The summed E-state index contributed by atoms with van der Waals surface area (Å²) in [5.41, 5.74) is 0.427. The van der Waals surface area contributed by atoms with E-state index in [1.165, 1.54) is 0 Å². The fourth-order valence-corrected chi connectivity index (χ4v) is 2.00. The monoisotopic (exact) mass is 207 g/mol. The van der Waals surface area contributed by atoms with E-state index in [2.05, 4.69) is 19.2 Å². The Hall–Kier alpha value is -1.06. The Morgan fingerprint density at radius 1 is 1.33 bits per heavy atom. The lowest BCUT2D eigenvalue weighted by molar-refractivity contribution is 0.00204. The van der Waals surface area contributed by atoms with Gasteiger partial charge in [0.1, 0.15) is 11.5 Å². The lowest BCUT2D eigenvalue weighted by atomic mass is 10.0. The lowest BCUT2D eigenvalue weighted by Gasteiger charge is -2.27. The lowest BCUT2D eigenvalue weighted by Crippen LogP contribution is -2.44. The Kier molecular flexibility index (Phi) is 2.24. The van der Waals surface area contributed by atoms with Crippen LogP contribution < -0.4 is 5.32 Å². The summed E-state index contributed by atoms with van der Waals surface area (Å²) < 4.78 is 5.77. The third-order valence-electron chi connectivity index (χ3n) is 2.70. The molecule has 0 amide bonds. The zero-order chi connectivity index (χ0) is 11.1. The van der Waals surface area contributed by atoms with E-state index in [4.69, 9.17) is 4.74 Å². The zero-order valence-electron chi connectivity index (χ0n) is 9.37. The Bertz CT molecular complexity index is 376. The molecule has 0 saturated carbocycles. The molecule has 1 aliphatic heterocycles. The van der Waals surface area contributed by atoms with Crippen LogP contribution in [0.15, 0.2) is 24.3 Å². The van der Waals surface area contributed by atoms with E-state index in [1.54, 1.807) is 12.1 Å². The molecular formula is C12H17NO2. The van der Waals surface area contributed by atoms with Gasteiger partial charge < -0.3 is 9.84 Å². The summed E-state index contributed by atoms with van der Waals surface area (Å²) in [6.07, 6.45) is 0. The van der Waals surface area contributed by atoms with Gasteiger partial charge >= 0.3 is 0 Å².